The van der Waals surface area contributed by atoms with E-state index in [9.17, 15) is 4.79 Å². The van der Waals surface area contributed by atoms with Crippen LogP contribution in [0.2, 0.25) is 10.0 Å². The number of aromatic nitrogens is 1. The summed E-state index contributed by atoms with van der Waals surface area (Å²) in [6, 6.07) is 20.6. The van der Waals surface area contributed by atoms with Gasteiger partial charge in [-0.2, -0.15) is 0 Å². The summed E-state index contributed by atoms with van der Waals surface area (Å²) in [6.45, 7) is 0.436. The maximum absolute atomic E-state index is 12.4. The fourth-order valence-corrected chi connectivity index (χ4v) is 4.33. The Morgan fingerprint density at radius 3 is 2.65 bits per heavy atom. The van der Waals surface area contributed by atoms with Gasteiger partial charge in [0.15, 0.2) is 16.6 Å². The van der Waals surface area contributed by atoms with Gasteiger partial charge in [-0.15, -0.1) is 11.3 Å². The topological polar surface area (TPSA) is 60.5 Å². The Morgan fingerprint density at radius 1 is 1.06 bits per heavy atom. The lowest BCUT2D eigenvalue weighted by atomic mass is 10.2. The van der Waals surface area contributed by atoms with E-state index in [1.54, 1.807) is 31.4 Å². The van der Waals surface area contributed by atoms with Gasteiger partial charge in [-0.05, 0) is 47.5 Å². The van der Waals surface area contributed by atoms with Crippen molar-refractivity contribution in [2.45, 2.75) is 6.61 Å². The summed E-state index contributed by atoms with van der Waals surface area (Å²) in [5, 5.41) is 6.12. The molecule has 34 heavy (non-hydrogen) atoms. The van der Waals surface area contributed by atoms with E-state index in [2.05, 4.69) is 10.3 Å². The number of benzene rings is 3. The number of carbonyl (C=O) groups is 1. The van der Waals surface area contributed by atoms with Crippen molar-refractivity contribution < 1.29 is 14.3 Å². The van der Waals surface area contributed by atoms with Crippen molar-refractivity contribution in [3.63, 3.8) is 0 Å². The molecule has 1 aromatic heterocycles. The number of nitrogens with one attached hydrogen (secondary N) is 1. The zero-order chi connectivity index (χ0) is 23.9. The molecular weight excluding hydrogens is 491 g/mol. The molecule has 0 aliphatic rings. The molecule has 0 fully saturated rings. The van der Waals surface area contributed by atoms with Crippen LogP contribution in [0.5, 0.6) is 11.5 Å². The minimum atomic E-state index is -0.300. The first-order valence-corrected chi connectivity index (χ1v) is 11.9. The summed E-state index contributed by atoms with van der Waals surface area (Å²) in [5.74, 6) is 0.915. The Bertz CT molecular complexity index is 1320. The van der Waals surface area contributed by atoms with Gasteiger partial charge in [0.1, 0.15) is 6.61 Å². The number of amides is 1. The van der Waals surface area contributed by atoms with Gasteiger partial charge in [-0.3, -0.25) is 10.1 Å². The van der Waals surface area contributed by atoms with Crippen molar-refractivity contribution in [1.82, 2.24) is 4.98 Å². The number of carbonyl (C=O) groups excluding carboxylic acids is 1. The Hall–Kier alpha value is -3.32. The van der Waals surface area contributed by atoms with Crippen LogP contribution in [0.4, 0.5) is 5.13 Å². The number of hydrogen-bond donors (Lipinski definition) is 1. The van der Waals surface area contributed by atoms with Crippen molar-refractivity contribution in [3.8, 4) is 22.8 Å². The first-order chi connectivity index (χ1) is 16.5. The minimum Gasteiger partial charge on any atom is -0.493 e. The van der Waals surface area contributed by atoms with Gasteiger partial charge >= 0.3 is 0 Å². The molecule has 5 nitrogen and oxygen atoms in total. The van der Waals surface area contributed by atoms with Crippen LogP contribution in [-0.4, -0.2) is 18.0 Å². The highest BCUT2D eigenvalue weighted by atomic mass is 35.5. The van der Waals surface area contributed by atoms with Crippen LogP contribution >= 0.6 is 34.5 Å². The van der Waals surface area contributed by atoms with Crippen molar-refractivity contribution >= 4 is 51.7 Å². The maximum atomic E-state index is 12.4. The van der Waals surface area contributed by atoms with Crippen LogP contribution in [0.1, 0.15) is 11.1 Å². The lowest BCUT2D eigenvalue weighted by Crippen LogP contribution is -2.07. The standard InChI is InChI=1S/C26H20Cl2N2O3S/c1-32-24-13-17(7-11-23(24)33-15-18-5-3-2-4-6-18)8-12-25(31)30-26-29-22(16-34-26)20-10-9-19(27)14-21(20)28/h2-14,16H,15H2,1H3,(H,29,30,31)/b12-8+. The van der Waals surface area contributed by atoms with Gasteiger partial charge in [-0.25, -0.2) is 4.98 Å². The summed E-state index contributed by atoms with van der Waals surface area (Å²) in [7, 11) is 1.58. The molecule has 8 heteroatoms. The quantitative estimate of drug-likeness (QED) is 0.251. The molecule has 0 aliphatic heterocycles. The van der Waals surface area contributed by atoms with Gasteiger partial charge in [-0.1, -0.05) is 59.6 Å². The fourth-order valence-electron chi connectivity index (χ4n) is 3.11. The van der Waals surface area contributed by atoms with E-state index in [0.717, 1.165) is 16.7 Å². The summed E-state index contributed by atoms with van der Waals surface area (Å²) >= 11 is 13.5. The van der Waals surface area contributed by atoms with Crippen molar-refractivity contribution in [2.24, 2.45) is 0 Å². The molecule has 172 valence electrons. The lowest BCUT2D eigenvalue weighted by Gasteiger charge is -2.11. The molecule has 4 rings (SSSR count). The third-order valence-electron chi connectivity index (χ3n) is 4.79. The van der Waals surface area contributed by atoms with Gasteiger partial charge in [0.25, 0.3) is 0 Å². The Balaban J connectivity index is 1.38. The van der Waals surface area contributed by atoms with Crippen LogP contribution < -0.4 is 14.8 Å². The molecule has 0 unspecified atom stereocenters. The first-order valence-electron chi connectivity index (χ1n) is 10.3. The number of ether oxygens (including phenoxy) is 2. The van der Waals surface area contributed by atoms with Crippen molar-refractivity contribution in [3.05, 3.63) is 99.4 Å². The van der Waals surface area contributed by atoms with Crippen LogP contribution in [0.25, 0.3) is 17.3 Å². The van der Waals surface area contributed by atoms with E-state index < -0.39 is 0 Å². The number of rotatable bonds is 8. The SMILES string of the molecule is COc1cc(/C=C/C(=O)Nc2nc(-c3ccc(Cl)cc3Cl)cs2)ccc1OCc1ccccc1. The molecule has 0 bridgehead atoms. The van der Waals surface area contributed by atoms with Crippen LogP contribution in [0.3, 0.4) is 0 Å². The highest BCUT2D eigenvalue weighted by molar-refractivity contribution is 7.14. The van der Waals surface area contributed by atoms with Crippen molar-refractivity contribution in [1.29, 1.82) is 0 Å². The summed E-state index contributed by atoms with van der Waals surface area (Å²) in [6.07, 6.45) is 3.14. The van der Waals surface area contributed by atoms with E-state index in [4.69, 9.17) is 32.7 Å². The van der Waals surface area contributed by atoms with Gasteiger partial charge in [0.2, 0.25) is 5.91 Å². The smallest absolute Gasteiger partial charge is 0.250 e. The van der Waals surface area contributed by atoms with E-state index in [1.807, 2.05) is 53.9 Å². The molecule has 0 atom stereocenters. The van der Waals surface area contributed by atoms with Crippen LogP contribution in [0.15, 0.2) is 78.2 Å². The molecular formula is C26H20Cl2N2O3S. The molecule has 4 aromatic rings. The number of nitrogens with zero attached hydrogens (tertiary/aromatic N) is 1. The third kappa shape index (κ3) is 6.17. The molecule has 1 heterocycles. The van der Waals surface area contributed by atoms with Gasteiger partial charge in [0, 0.05) is 22.0 Å². The number of hydrogen-bond acceptors (Lipinski definition) is 5. The highest BCUT2D eigenvalue weighted by Gasteiger charge is 2.10. The van der Waals surface area contributed by atoms with Gasteiger partial charge < -0.3 is 9.47 Å². The predicted molar refractivity (Wildman–Crippen MR) is 139 cm³/mol. The normalized spacial score (nSPS) is 10.9. The van der Waals surface area contributed by atoms with E-state index in [1.165, 1.54) is 17.4 Å². The second-order valence-corrected chi connectivity index (χ2v) is 8.87. The van der Waals surface area contributed by atoms with E-state index in [0.29, 0.717) is 39.0 Å². The zero-order valence-corrected chi connectivity index (χ0v) is 20.5. The minimum absolute atomic E-state index is 0.300. The number of halogens is 2. The van der Waals surface area contributed by atoms with E-state index >= 15 is 0 Å². The Morgan fingerprint density at radius 2 is 1.88 bits per heavy atom. The Kier molecular flexibility index (Phi) is 7.85. The second-order valence-electron chi connectivity index (χ2n) is 7.17. The highest BCUT2D eigenvalue weighted by Crippen LogP contribution is 2.32. The number of methoxy groups -OCH3 is 1. The monoisotopic (exact) mass is 510 g/mol. The molecule has 1 amide bonds. The molecule has 3 aromatic carbocycles. The Labute approximate surface area is 211 Å². The number of thiazole rings is 1. The second kappa shape index (κ2) is 11.2. The van der Waals surface area contributed by atoms with E-state index in [-0.39, 0.29) is 5.91 Å². The van der Waals surface area contributed by atoms with Crippen molar-refractivity contribution in [2.75, 3.05) is 12.4 Å². The summed E-state index contributed by atoms with van der Waals surface area (Å²) in [5.41, 5.74) is 3.28. The maximum Gasteiger partial charge on any atom is 0.250 e. The fraction of sp³-hybridized carbons (Fsp3) is 0.0769. The first kappa shape index (κ1) is 23.8. The predicted octanol–water partition coefficient (Wildman–Crippen LogP) is 7.36. The third-order valence-corrected chi connectivity index (χ3v) is 6.10. The summed E-state index contributed by atoms with van der Waals surface area (Å²) in [4.78, 5) is 16.8. The number of anilines is 1. The molecule has 0 saturated carbocycles. The molecule has 0 aliphatic carbocycles. The van der Waals surface area contributed by atoms with Crippen LogP contribution in [-0.2, 0) is 11.4 Å². The molecule has 1 N–H and O–H groups in total. The largest absolute Gasteiger partial charge is 0.493 e. The molecule has 0 radical (unpaired) electrons. The zero-order valence-electron chi connectivity index (χ0n) is 18.1. The average Bonchev–Trinajstić information content (AvgIpc) is 3.30. The van der Waals surface area contributed by atoms with Gasteiger partial charge in [0.05, 0.1) is 17.8 Å². The lowest BCUT2D eigenvalue weighted by molar-refractivity contribution is -0.111. The molecule has 0 spiro atoms. The average molecular weight is 511 g/mol. The summed E-state index contributed by atoms with van der Waals surface area (Å²) < 4.78 is 11.3. The molecule has 0 saturated heterocycles. The van der Waals surface area contributed by atoms with Crippen LogP contribution in [0, 0.1) is 0 Å².